The predicted molar refractivity (Wildman–Crippen MR) is 95.7 cm³/mol. The number of aromatic nitrogens is 1. The summed E-state index contributed by atoms with van der Waals surface area (Å²) < 4.78 is 53.7. The number of hydrogen-bond acceptors (Lipinski definition) is 1. The first-order valence-corrected chi connectivity index (χ1v) is 8.57. The van der Waals surface area contributed by atoms with Gasteiger partial charge in [0, 0.05) is 11.1 Å². The number of aromatic amines is 1. The third-order valence-electron chi connectivity index (χ3n) is 4.33. The summed E-state index contributed by atoms with van der Waals surface area (Å²) >= 11 is 5.71. The van der Waals surface area contributed by atoms with Crippen LogP contribution in [0.2, 0.25) is 5.02 Å². The predicted octanol–water partition coefficient (Wildman–Crippen LogP) is 5.93. The number of benzene rings is 2. The lowest BCUT2D eigenvalue weighted by atomic mass is 9.99. The van der Waals surface area contributed by atoms with Crippen molar-refractivity contribution in [2.75, 3.05) is 6.54 Å². The summed E-state index contributed by atoms with van der Waals surface area (Å²) in [6.07, 6.45) is -2.45. The van der Waals surface area contributed by atoms with Gasteiger partial charge in [0.2, 0.25) is 0 Å². The van der Waals surface area contributed by atoms with Crippen LogP contribution in [-0.2, 0) is 12.6 Å². The molecule has 0 aliphatic rings. The summed E-state index contributed by atoms with van der Waals surface area (Å²) in [7, 11) is 0. The van der Waals surface area contributed by atoms with Crippen LogP contribution in [0.3, 0.4) is 0 Å². The molecule has 0 spiro atoms. The van der Waals surface area contributed by atoms with Crippen LogP contribution in [-0.4, -0.2) is 11.5 Å². The van der Waals surface area contributed by atoms with E-state index in [-0.39, 0.29) is 10.5 Å². The van der Waals surface area contributed by atoms with Crippen LogP contribution >= 0.6 is 11.6 Å². The summed E-state index contributed by atoms with van der Waals surface area (Å²) in [5.74, 6) is -0.446. The highest BCUT2D eigenvalue weighted by atomic mass is 35.5. The lowest BCUT2D eigenvalue weighted by Crippen LogP contribution is -2.06. The van der Waals surface area contributed by atoms with E-state index in [0.29, 0.717) is 29.6 Å². The van der Waals surface area contributed by atoms with E-state index in [1.807, 2.05) is 0 Å². The minimum atomic E-state index is -4.57. The average molecular weight is 385 g/mol. The molecule has 0 radical (unpaired) electrons. The Morgan fingerprint density at radius 3 is 2.54 bits per heavy atom. The number of nitrogens with one attached hydrogen (secondary N) is 1. The van der Waals surface area contributed by atoms with Gasteiger partial charge in [-0.25, -0.2) is 4.39 Å². The quantitative estimate of drug-likeness (QED) is 0.415. The van der Waals surface area contributed by atoms with Gasteiger partial charge >= 0.3 is 6.18 Å². The minimum Gasteiger partial charge on any atom is -0.352 e. The van der Waals surface area contributed by atoms with Crippen LogP contribution in [0.5, 0.6) is 0 Å². The fourth-order valence-electron chi connectivity index (χ4n) is 3.09. The van der Waals surface area contributed by atoms with Crippen molar-refractivity contribution in [3.8, 4) is 11.3 Å². The van der Waals surface area contributed by atoms with Gasteiger partial charge in [0.15, 0.2) is 0 Å². The van der Waals surface area contributed by atoms with Crippen LogP contribution in [0.1, 0.15) is 24.0 Å². The largest absolute Gasteiger partial charge is 0.417 e. The van der Waals surface area contributed by atoms with Crippen LogP contribution in [0, 0.1) is 5.82 Å². The van der Waals surface area contributed by atoms with E-state index in [2.05, 4.69) is 4.98 Å². The molecule has 1 heterocycles. The number of halogens is 5. The first-order chi connectivity index (χ1) is 12.3. The molecule has 0 aliphatic heterocycles. The number of H-pyrrole nitrogens is 1. The molecule has 0 fully saturated rings. The topological polar surface area (TPSA) is 41.8 Å². The van der Waals surface area contributed by atoms with Crippen molar-refractivity contribution >= 4 is 22.5 Å². The summed E-state index contributed by atoms with van der Waals surface area (Å²) in [6, 6.07) is 8.38. The summed E-state index contributed by atoms with van der Waals surface area (Å²) in [6.45, 7) is 0.519. The van der Waals surface area contributed by atoms with E-state index < -0.39 is 17.6 Å². The second-order valence-corrected chi connectivity index (χ2v) is 6.49. The van der Waals surface area contributed by atoms with Gasteiger partial charge in [-0.3, -0.25) is 0 Å². The Kier molecular flexibility index (Phi) is 5.25. The lowest BCUT2D eigenvalue weighted by Gasteiger charge is -2.11. The molecule has 0 unspecified atom stereocenters. The molecule has 0 atom stereocenters. The molecule has 0 amide bonds. The SMILES string of the molecule is NCCCCc1c(-c2ccc(Cl)c(C(F)(F)F)c2)[nH]c2c(F)cccc12. The number of aryl methyl sites for hydroxylation is 1. The van der Waals surface area contributed by atoms with E-state index >= 15 is 0 Å². The molecule has 1 aromatic heterocycles. The third kappa shape index (κ3) is 3.57. The fraction of sp³-hybridized carbons (Fsp3) is 0.263. The molecule has 0 saturated carbocycles. The monoisotopic (exact) mass is 384 g/mol. The molecule has 2 aromatic carbocycles. The second kappa shape index (κ2) is 7.29. The Bertz CT molecular complexity index is 931. The zero-order chi connectivity index (χ0) is 18.9. The van der Waals surface area contributed by atoms with E-state index in [1.165, 1.54) is 18.2 Å². The Hall–Kier alpha value is -2.05. The summed E-state index contributed by atoms with van der Waals surface area (Å²) in [4.78, 5) is 2.96. The second-order valence-electron chi connectivity index (χ2n) is 6.08. The maximum absolute atomic E-state index is 14.2. The van der Waals surface area contributed by atoms with Gasteiger partial charge in [0.1, 0.15) is 5.82 Å². The molecule has 0 saturated heterocycles. The number of alkyl halides is 3. The van der Waals surface area contributed by atoms with Crippen LogP contribution < -0.4 is 5.73 Å². The van der Waals surface area contributed by atoms with Crippen molar-refractivity contribution < 1.29 is 17.6 Å². The van der Waals surface area contributed by atoms with Crippen molar-refractivity contribution in [1.82, 2.24) is 4.98 Å². The van der Waals surface area contributed by atoms with Crippen molar-refractivity contribution in [2.24, 2.45) is 5.73 Å². The van der Waals surface area contributed by atoms with E-state index in [4.69, 9.17) is 17.3 Å². The molecule has 26 heavy (non-hydrogen) atoms. The van der Waals surface area contributed by atoms with E-state index in [9.17, 15) is 17.6 Å². The van der Waals surface area contributed by atoms with Gasteiger partial charge in [-0.2, -0.15) is 13.2 Å². The van der Waals surface area contributed by atoms with E-state index in [0.717, 1.165) is 24.5 Å². The van der Waals surface area contributed by atoms with Gasteiger partial charge in [0.05, 0.1) is 16.1 Å². The Morgan fingerprint density at radius 2 is 1.85 bits per heavy atom. The zero-order valence-corrected chi connectivity index (χ0v) is 14.5. The van der Waals surface area contributed by atoms with Gasteiger partial charge in [-0.1, -0.05) is 29.8 Å². The standard InChI is InChI=1S/C19H17ClF4N2/c20-15-8-7-11(10-14(15)19(22,23)24)17-12(4-1-2-9-25)13-5-3-6-16(21)18(13)26-17/h3,5-8,10,26H,1-2,4,9,25H2. The number of hydrogen-bond donors (Lipinski definition) is 2. The first kappa shape index (κ1) is 18.7. The molecule has 138 valence electrons. The average Bonchev–Trinajstić information content (AvgIpc) is 2.95. The van der Waals surface area contributed by atoms with Crippen molar-refractivity contribution in [2.45, 2.75) is 25.4 Å². The maximum Gasteiger partial charge on any atom is 0.417 e. The molecule has 3 aromatic rings. The van der Waals surface area contributed by atoms with Crippen LogP contribution in [0.25, 0.3) is 22.2 Å². The third-order valence-corrected chi connectivity index (χ3v) is 4.66. The smallest absolute Gasteiger partial charge is 0.352 e. The van der Waals surface area contributed by atoms with Gasteiger partial charge in [-0.15, -0.1) is 0 Å². The Balaban J connectivity index is 2.18. The normalized spacial score (nSPS) is 12.1. The minimum absolute atomic E-state index is 0.286. The fourth-order valence-corrected chi connectivity index (χ4v) is 3.31. The number of nitrogens with two attached hydrogens (primary N) is 1. The number of fused-ring (bicyclic) bond motifs is 1. The van der Waals surface area contributed by atoms with Crippen molar-refractivity contribution in [3.05, 3.63) is 58.4 Å². The van der Waals surface area contributed by atoms with Gasteiger partial charge in [0.25, 0.3) is 0 Å². The summed E-state index contributed by atoms with van der Waals surface area (Å²) in [5, 5.41) is 0.300. The molecular weight excluding hydrogens is 368 g/mol. The van der Waals surface area contributed by atoms with Crippen LogP contribution in [0.15, 0.2) is 36.4 Å². The Labute approximate surface area is 153 Å². The molecule has 0 aliphatic carbocycles. The van der Waals surface area contributed by atoms with Crippen molar-refractivity contribution in [3.63, 3.8) is 0 Å². The molecule has 3 N–H and O–H groups in total. The van der Waals surface area contributed by atoms with E-state index in [1.54, 1.807) is 12.1 Å². The van der Waals surface area contributed by atoms with Crippen molar-refractivity contribution in [1.29, 1.82) is 0 Å². The molecule has 2 nitrogen and oxygen atoms in total. The highest BCUT2D eigenvalue weighted by molar-refractivity contribution is 6.31. The first-order valence-electron chi connectivity index (χ1n) is 8.19. The number of para-hydroxylation sites is 1. The molecule has 7 heteroatoms. The molecule has 3 rings (SSSR count). The van der Waals surface area contributed by atoms with Gasteiger partial charge in [-0.05, 0) is 55.1 Å². The van der Waals surface area contributed by atoms with Gasteiger partial charge < -0.3 is 10.7 Å². The summed E-state index contributed by atoms with van der Waals surface area (Å²) in [5.41, 5.74) is 6.48. The number of rotatable bonds is 5. The molecule has 0 bridgehead atoms. The number of unbranched alkanes of at least 4 members (excludes halogenated alkanes) is 1. The highest BCUT2D eigenvalue weighted by Gasteiger charge is 2.33. The van der Waals surface area contributed by atoms with Crippen LogP contribution in [0.4, 0.5) is 17.6 Å². The lowest BCUT2D eigenvalue weighted by molar-refractivity contribution is -0.137. The zero-order valence-electron chi connectivity index (χ0n) is 13.8. The highest BCUT2D eigenvalue weighted by Crippen LogP contribution is 2.39. The maximum atomic E-state index is 14.2. The Morgan fingerprint density at radius 1 is 1.08 bits per heavy atom. The molecular formula is C19H17ClF4N2.